The van der Waals surface area contributed by atoms with Crippen LogP contribution >= 0.6 is 0 Å². The molecule has 1 aliphatic carbocycles. The van der Waals surface area contributed by atoms with Crippen molar-refractivity contribution < 1.29 is 5.11 Å². The Morgan fingerprint density at radius 3 is 2.73 bits per heavy atom. The number of likely N-dealkylation sites (tertiary alicyclic amines) is 1. The summed E-state index contributed by atoms with van der Waals surface area (Å²) in [4.78, 5) is 2.63. The van der Waals surface area contributed by atoms with Crippen LogP contribution in [0.1, 0.15) is 44.9 Å². The van der Waals surface area contributed by atoms with E-state index in [1.54, 1.807) is 0 Å². The molecule has 3 heteroatoms. The maximum Gasteiger partial charge on any atom is 0.0431 e. The van der Waals surface area contributed by atoms with Gasteiger partial charge in [0.05, 0.1) is 0 Å². The molecule has 3 nitrogen and oxygen atoms in total. The molecule has 88 valence electrons. The molecule has 15 heavy (non-hydrogen) atoms. The van der Waals surface area contributed by atoms with Crippen LogP contribution in [0.4, 0.5) is 0 Å². The van der Waals surface area contributed by atoms with Crippen LogP contribution in [0.3, 0.4) is 0 Å². The summed E-state index contributed by atoms with van der Waals surface area (Å²) >= 11 is 0. The topological polar surface area (TPSA) is 49.5 Å². The number of aliphatic hydroxyl groups is 1. The summed E-state index contributed by atoms with van der Waals surface area (Å²) in [6.07, 6.45) is 8.52. The molecular weight excluding hydrogens is 188 g/mol. The quantitative estimate of drug-likeness (QED) is 0.734. The van der Waals surface area contributed by atoms with E-state index < -0.39 is 0 Å². The highest BCUT2D eigenvalue weighted by Gasteiger charge is 2.35. The van der Waals surface area contributed by atoms with Gasteiger partial charge in [0.2, 0.25) is 0 Å². The van der Waals surface area contributed by atoms with Crippen LogP contribution in [0.5, 0.6) is 0 Å². The van der Waals surface area contributed by atoms with Crippen LogP contribution in [0.15, 0.2) is 0 Å². The Labute approximate surface area is 92.6 Å². The lowest BCUT2D eigenvalue weighted by Gasteiger charge is -2.33. The Morgan fingerprint density at radius 1 is 1.20 bits per heavy atom. The van der Waals surface area contributed by atoms with Crippen molar-refractivity contribution in [2.45, 2.75) is 63.1 Å². The van der Waals surface area contributed by atoms with Gasteiger partial charge in [0.15, 0.2) is 0 Å². The van der Waals surface area contributed by atoms with Gasteiger partial charge in [-0.25, -0.2) is 0 Å². The van der Waals surface area contributed by atoms with Gasteiger partial charge in [-0.2, -0.15) is 0 Å². The molecule has 0 aromatic carbocycles. The van der Waals surface area contributed by atoms with Gasteiger partial charge in [-0.1, -0.05) is 6.42 Å². The SMILES string of the molecule is NC1CCCC1N1CCCC1CCCO. The van der Waals surface area contributed by atoms with Gasteiger partial charge in [-0.05, 0) is 45.1 Å². The highest BCUT2D eigenvalue weighted by molar-refractivity contribution is 4.93. The lowest BCUT2D eigenvalue weighted by molar-refractivity contribution is 0.153. The smallest absolute Gasteiger partial charge is 0.0431 e. The third-order valence-corrected chi connectivity index (χ3v) is 4.08. The molecule has 3 N–H and O–H groups in total. The van der Waals surface area contributed by atoms with Crippen LogP contribution in [-0.2, 0) is 0 Å². The second-order valence-electron chi connectivity index (χ2n) is 5.06. The van der Waals surface area contributed by atoms with Crippen molar-refractivity contribution in [3.8, 4) is 0 Å². The highest BCUT2D eigenvalue weighted by atomic mass is 16.2. The Balaban J connectivity index is 1.89. The minimum atomic E-state index is 0.334. The molecule has 2 aliphatic rings. The minimum Gasteiger partial charge on any atom is -0.396 e. The summed E-state index contributed by atoms with van der Waals surface area (Å²) < 4.78 is 0. The Kier molecular flexibility index (Phi) is 4.00. The predicted octanol–water partition coefficient (Wildman–Crippen LogP) is 1.10. The standard InChI is InChI=1S/C12H24N2O/c13-11-6-1-7-12(11)14-8-2-4-10(14)5-3-9-15/h10-12,15H,1-9,13H2. The fourth-order valence-electron chi connectivity index (χ4n) is 3.31. The maximum absolute atomic E-state index is 8.89. The molecule has 0 aromatic heterocycles. The zero-order valence-corrected chi connectivity index (χ0v) is 9.57. The molecule has 1 saturated carbocycles. The number of rotatable bonds is 4. The van der Waals surface area contributed by atoms with Crippen LogP contribution in [0.2, 0.25) is 0 Å². The average molecular weight is 212 g/mol. The number of aliphatic hydroxyl groups excluding tert-OH is 1. The zero-order chi connectivity index (χ0) is 10.7. The van der Waals surface area contributed by atoms with Crippen molar-refractivity contribution in [2.24, 2.45) is 5.73 Å². The minimum absolute atomic E-state index is 0.334. The van der Waals surface area contributed by atoms with Gasteiger partial charge in [-0.15, -0.1) is 0 Å². The third kappa shape index (κ3) is 2.52. The number of nitrogens with two attached hydrogens (primary N) is 1. The first kappa shape index (κ1) is 11.4. The largest absolute Gasteiger partial charge is 0.396 e. The van der Waals surface area contributed by atoms with Crippen LogP contribution in [-0.4, -0.2) is 41.3 Å². The molecule has 3 unspecified atom stereocenters. The van der Waals surface area contributed by atoms with Gasteiger partial charge in [0.1, 0.15) is 0 Å². The summed E-state index contributed by atoms with van der Waals surface area (Å²) in [6.45, 7) is 1.57. The van der Waals surface area contributed by atoms with Gasteiger partial charge < -0.3 is 10.8 Å². The van der Waals surface area contributed by atoms with Gasteiger partial charge in [-0.3, -0.25) is 4.90 Å². The van der Waals surface area contributed by atoms with E-state index in [0.29, 0.717) is 24.7 Å². The Morgan fingerprint density at radius 2 is 2.07 bits per heavy atom. The molecule has 0 bridgehead atoms. The third-order valence-electron chi connectivity index (χ3n) is 4.08. The first-order valence-electron chi connectivity index (χ1n) is 6.45. The van der Waals surface area contributed by atoms with Gasteiger partial charge in [0, 0.05) is 24.7 Å². The van der Waals surface area contributed by atoms with E-state index >= 15 is 0 Å². The van der Waals surface area contributed by atoms with E-state index in [1.807, 2.05) is 0 Å². The second-order valence-corrected chi connectivity index (χ2v) is 5.06. The Hall–Kier alpha value is -0.120. The molecule has 0 amide bonds. The van der Waals surface area contributed by atoms with Crippen LogP contribution in [0.25, 0.3) is 0 Å². The average Bonchev–Trinajstić information content (AvgIpc) is 2.82. The summed E-state index contributed by atoms with van der Waals surface area (Å²) in [6, 6.07) is 1.74. The highest BCUT2D eigenvalue weighted by Crippen LogP contribution is 2.31. The zero-order valence-electron chi connectivity index (χ0n) is 9.57. The predicted molar refractivity (Wildman–Crippen MR) is 61.7 cm³/mol. The molecule has 0 spiro atoms. The normalized spacial score (nSPS) is 37.6. The maximum atomic E-state index is 8.89. The lowest BCUT2D eigenvalue weighted by Crippen LogP contribution is -2.46. The number of hydrogen-bond donors (Lipinski definition) is 2. The van der Waals surface area contributed by atoms with Crippen molar-refractivity contribution >= 4 is 0 Å². The van der Waals surface area contributed by atoms with E-state index in [9.17, 15) is 0 Å². The molecule has 2 fully saturated rings. The lowest BCUT2D eigenvalue weighted by atomic mass is 10.1. The fourth-order valence-corrected chi connectivity index (χ4v) is 3.31. The number of hydrogen-bond acceptors (Lipinski definition) is 3. The van der Waals surface area contributed by atoms with Crippen LogP contribution in [0, 0.1) is 0 Å². The monoisotopic (exact) mass is 212 g/mol. The molecule has 0 radical (unpaired) electrons. The molecule has 1 aliphatic heterocycles. The fraction of sp³-hybridized carbons (Fsp3) is 1.00. The molecule has 3 atom stereocenters. The van der Waals surface area contributed by atoms with Crippen LogP contribution < -0.4 is 5.73 Å². The molecular formula is C12H24N2O. The molecule has 1 heterocycles. The molecule has 1 saturated heterocycles. The first-order chi connectivity index (χ1) is 7.33. The second kappa shape index (κ2) is 5.28. The van der Waals surface area contributed by atoms with Gasteiger partial charge >= 0.3 is 0 Å². The Bertz CT molecular complexity index is 198. The summed E-state index contributed by atoms with van der Waals surface area (Å²) in [7, 11) is 0. The summed E-state index contributed by atoms with van der Waals surface area (Å²) in [5, 5.41) is 8.89. The van der Waals surface area contributed by atoms with Gasteiger partial charge in [0.25, 0.3) is 0 Å². The first-order valence-corrected chi connectivity index (χ1v) is 6.45. The van der Waals surface area contributed by atoms with E-state index in [2.05, 4.69) is 4.90 Å². The summed E-state index contributed by atoms with van der Waals surface area (Å²) in [5.41, 5.74) is 6.16. The van der Waals surface area contributed by atoms with E-state index in [0.717, 1.165) is 12.8 Å². The van der Waals surface area contributed by atoms with E-state index in [4.69, 9.17) is 10.8 Å². The number of nitrogens with zero attached hydrogens (tertiary/aromatic N) is 1. The summed E-state index contributed by atoms with van der Waals surface area (Å²) in [5.74, 6) is 0. The van der Waals surface area contributed by atoms with Crippen molar-refractivity contribution in [1.29, 1.82) is 0 Å². The van der Waals surface area contributed by atoms with Crippen molar-refractivity contribution in [3.05, 3.63) is 0 Å². The molecule has 2 rings (SSSR count). The van der Waals surface area contributed by atoms with Crippen molar-refractivity contribution in [3.63, 3.8) is 0 Å². The van der Waals surface area contributed by atoms with E-state index in [1.165, 1.54) is 38.6 Å². The molecule has 0 aromatic rings. The van der Waals surface area contributed by atoms with E-state index in [-0.39, 0.29) is 0 Å². The van der Waals surface area contributed by atoms with Crippen molar-refractivity contribution in [2.75, 3.05) is 13.2 Å². The van der Waals surface area contributed by atoms with Crippen molar-refractivity contribution in [1.82, 2.24) is 4.90 Å².